The number of phenolic OH excluding ortho intramolecular Hbond substituents is 1. The maximum absolute atomic E-state index is 13.6. The molecule has 1 saturated heterocycles. The molecule has 3 aromatic carbocycles. The third-order valence-electron chi connectivity index (χ3n) is 7.49. The third kappa shape index (κ3) is 9.37. The number of likely N-dealkylation sites (tertiary alicyclic amines) is 1. The molecule has 0 bridgehead atoms. The van der Waals surface area contributed by atoms with Crippen LogP contribution in [0.15, 0.2) is 84.9 Å². The molecule has 12 heteroatoms. The Bertz CT molecular complexity index is 1410. The van der Waals surface area contributed by atoms with Crippen molar-refractivity contribution >= 4 is 40.6 Å². The first kappa shape index (κ1) is 34.2. The van der Waals surface area contributed by atoms with Crippen molar-refractivity contribution in [3.63, 3.8) is 0 Å². The maximum atomic E-state index is 13.6. The lowest BCUT2D eigenvalue weighted by Crippen LogP contribution is -2.58. The minimum atomic E-state index is -1.06. The molecule has 3 aromatic rings. The molecule has 11 nitrogen and oxygen atoms in total. The highest BCUT2D eigenvalue weighted by atomic mass is 79.9. The van der Waals surface area contributed by atoms with Crippen LogP contribution in [0.3, 0.4) is 0 Å². The summed E-state index contributed by atoms with van der Waals surface area (Å²) in [7, 11) is 0. The quantitative estimate of drug-likeness (QED) is 0.164. The van der Waals surface area contributed by atoms with Crippen molar-refractivity contribution in [2.45, 2.75) is 55.9 Å². The third-order valence-corrected chi connectivity index (χ3v) is 7.49. The largest absolute Gasteiger partial charge is 0.508 e. The molecule has 4 rings (SSSR count). The molecule has 1 aliphatic heterocycles. The van der Waals surface area contributed by atoms with Crippen LogP contribution in [0, 0.1) is 0 Å². The topological polar surface area (TPSA) is 194 Å². The fourth-order valence-electron chi connectivity index (χ4n) is 5.22. The number of nitrogens with zero attached hydrogens (tertiary/aromatic N) is 1. The molecule has 234 valence electrons. The van der Waals surface area contributed by atoms with Crippen LogP contribution >= 0.6 is 17.0 Å². The van der Waals surface area contributed by atoms with Gasteiger partial charge in [-0.2, -0.15) is 0 Å². The zero-order valence-corrected chi connectivity index (χ0v) is 25.9. The summed E-state index contributed by atoms with van der Waals surface area (Å²) in [6, 6.07) is 20.2. The Balaban J connectivity index is 0.00000529. The SMILES string of the molecule is Br.NC(=O)[C@H](Cc1ccccc1)NC(=O)[C@H](Cc1ccccc1)NC(=O)[C@@H]1C[C@H](N)CN1C(=O)[C@@H](N)Cc1ccc(O)cc1. The summed E-state index contributed by atoms with van der Waals surface area (Å²) in [4.78, 5) is 54.2. The summed E-state index contributed by atoms with van der Waals surface area (Å²) in [5.74, 6) is -2.18. The Labute approximate surface area is 266 Å². The number of benzene rings is 3. The lowest BCUT2D eigenvalue weighted by atomic mass is 10.0. The monoisotopic (exact) mass is 666 g/mol. The van der Waals surface area contributed by atoms with Crippen LogP contribution in [0.5, 0.6) is 5.75 Å². The fraction of sp³-hybridized carbons (Fsp3) is 0.312. The predicted octanol–water partition coefficient (Wildman–Crippen LogP) is 0.708. The number of nitrogens with two attached hydrogens (primary N) is 3. The zero-order valence-electron chi connectivity index (χ0n) is 24.2. The highest BCUT2D eigenvalue weighted by molar-refractivity contribution is 8.93. The van der Waals surface area contributed by atoms with Crippen LogP contribution in [0.25, 0.3) is 0 Å². The molecule has 1 fully saturated rings. The molecule has 0 spiro atoms. The fourth-order valence-corrected chi connectivity index (χ4v) is 5.22. The number of phenols is 1. The second-order valence-electron chi connectivity index (χ2n) is 10.9. The minimum absolute atomic E-state index is 0. The molecule has 4 amide bonds. The number of carbonyl (C=O) groups is 4. The molecule has 0 saturated carbocycles. The first-order chi connectivity index (χ1) is 20.6. The van der Waals surface area contributed by atoms with E-state index in [1.54, 1.807) is 12.1 Å². The summed E-state index contributed by atoms with van der Waals surface area (Å²) in [5, 5.41) is 15.0. The van der Waals surface area contributed by atoms with Crippen molar-refractivity contribution in [2.24, 2.45) is 17.2 Å². The number of rotatable bonds is 12. The van der Waals surface area contributed by atoms with Gasteiger partial charge in [0.05, 0.1) is 6.04 Å². The van der Waals surface area contributed by atoms with Crippen LogP contribution in [0.4, 0.5) is 0 Å². The van der Waals surface area contributed by atoms with Gasteiger partial charge in [-0.3, -0.25) is 19.2 Å². The normalized spacial score (nSPS) is 17.9. The average molecular weight is 668 g/mol. The number of amides is 4. The van der Waals surface area contributed by atoms with Crippen LogP contribution in [-0.4, -0.2) is 70.4 Å². The van der Waals surface area contributed by atoms with Crippen molar-refractivity contribution < 1.29 is 24.3 Å². The van der Waals surface area contributed by atoms with Gasteiger partial charge < -0.3 is 37.8 Å². The van der Waals surface area contributed by atoms with Gasteiger partial charge in [0.2, 0.25) is 23.6 Å². The average Bonchev–Trinajstić information content (AvgIpc) is 3.39. The second kappa shape index (κ2) is 16.0. The van der Waals surface area contributed by atoms with E-state index < -0.39 is 53.8 Å². The van der Waals surface area contributed by atoms with Crippen LogP contribution in [-0.2, 0) is 38.4 Å². The summed E-state index contributed by atoms with van der Waals surface area (Å²) >= 11 is 0. The van der Waals surface area contributed by atoms with E-state index >= 15 is 0 Å². The minimum Gasteiger partial charge on any atom is -0.508 e. The van der Waals surface area contributed by atoms with Crippen molar-refractivity contribution in [1.82, 2.24) is 15.5 Å². The lowest BCUT2D eigenvalue weighted by Gasteiger charge is -2.29. The number of primary amides is 1. The molecule has 0 aromatic heterocycles. The maximum Gasteiger partial charge on any atom is 0.243 e. The summed E-state index contributed by atoms with van der Waals surface area (Å²) in [5.41, 5.74) is 20.4. The van der Waals surface area contributed by atoms with Crippen molar-refractivity contribution in [2.75, 3.05) is 6.54 Å². The first-order valence-corrected chi connectivity index (χ1v) is 14.2. The van der Waals surface area contributed by atoms with E-state index in [4.69, 9.17) is 17.2 Å². The van der Waals surface area contributed by atoms with E-state index in [1.165, 1.54) is 17.0 Å². The smallest absolute Gasteiger partial charge is 0.243 e. The van der Waals surface area contributed by atoms with Crippen molar-refractivity contribution in [3.8, 4) is 5.75 Å². The molecular weight excluding hydrogens is 628 g/mol. The highest BCUT2D eigenvalue weighted by Gasteiger charge is 2.41. The van der Waals surface area contributed by atoms with Crippen LogP contribution in [0.1, 0.15) is 23.1 Å². The molecule has 1 aliphatic rings. The molecular formula is C32H39BrN6O5. The van der Waals surface area contributed by atoms with Gasteiger partial charge in [0, 0.05) is 25.4 Å². The van der Waals surface area contributed by atoms with Gasteiger partial charge in [-0.05, 0) is 41.7 Å². The predicted molar refractivity (Wildman–Crippen MR) is 172 cm³/mol. The van der Waals surface area contributed by atoms with E-state index in [0.29, 0.717) is 0 Å². The molecule has 44 heavy (non-hydrogen) atoms. The van der Waals surface area contributed by atoms with E-state index in [2.05, 4.69) is 10.6 Å². The van der Waals surface area contributed by atoms with E-state index in [1.807, 2.05) is 60.7 Å². The zero-order chi connectivity index (χ0) is 30.9. The Morgan fingerprint density at radius 3 is 1.86 bits per heavy atom. The summed E-state index contributed by atoms with van der Waals surface area (Å²) in [6.45, 7) is 0.135. The molecule has 0 radical (unpaired) electrons. The van der Waals surface area contributed by atoms with Gasteiger partial charge in [-0.25, -0.2) is 0 Å². The van der Waals surface area contributed by atoms with Crippen LogP contribution in [0.2, 0.25) is 0 Å². The Morgan fingerprint density at radius 2 is 1.32 bits per heavy atom. The molecule has 1 heterocycles. The number of halogens is 1. The van der Waals surface area contributed by atoms with Gasteiger partial charge in [0.15, 0.2) is 0 Å². The molecule has 0 unspecified atom stereocenters. The lowest BCUT2D eigenvalue weighted by molar-refractivity contribution is -0.140. The Morgan fingerprint density at radius 1 is 0.795 bits per heavy atom. The number of carbonyl (C=O) groups excluding carboxylic acids is 4. The van der Waals surface area contributed by atoms with Gasteiger partial charge >= 0.3 is 0 Å². The molecule has 9 N–H and O–H groups in total. The summed E-state index contributed by atoms with van der Waals surface area (Å²) in [6.07, 6.45) is 0.726. The molecule has 5 atom stereocenters. The number of aromatic hydroxyl groups is 1. The standard InChI is InChI=1S/C32H38N6O5.BrH/c33-23-18-28(38(19-23)32(43)25(34)15-22-11-13-24(39)14-12-22)31(42)37-27(17-21-9-5-2-6-10-21)30(41)36-26(29(35)40)16-20-7-3-1-4-8-20;/h1-14,23,25-28,39H,15-19,33-34H2,(H2,35,40)(H,36,41)(H,37,42);1H/t23-,25-,26-,27-,28-;/m0./s1. The Hall–Kier alpha value is -4.26. The first-order valence-electron chi connectivity index (χ1n) is 14.2. The van der Waals surface area contributed by atoms with E-state index in [0.717, 1.165) is 16.7 Å². The number of hydrogen-bond donors (Lipinski definition) is 6. The van der Waals surface area contributed by atoms with Crippen molar-refractivity contribution in [1.29, 1.82) is 0 Å². The highest BCUT2D eigenvalue weighted by Crippen LogP contribution is 2.20. The van der Waals surface area contributed by atoms with Gasteiger partial charge in [-0.15, -0.1) is 17.0 Å². The van der Waals surface area contributed by atoms with Crippen LogP contribution < -0.4 is 27.8 Å². The molecule has 0 aliphatic carbocycles. The Kier molecular flexibility index (Phi) is 12.4. The van der Waals surface area contributed by atoms with E-state index in [-0.39, 0.29) is 55.0 Å². The van der Waals surface area contributed by atoms with E-state index in [9.17, 15) is 24.3 Å². The van der Waals surface area contributed by atoms with Gasteiger partial charge in [0.25, 0.3) is 0 Å². The van der Waals surface area contributed by atoms with Gasteiger partial charge in [-0.1, -0.05) is 72.8 Å². The second-order valence-corrected chi connectivity index (χ2v) is 10.9. The number of hydrogen-bond acceptors (Lipinski definition) is 7. The number of nitrogens with one attached hydrogen (secondary N) is 2. The van der Waals surface area contributed by atoms with Gasteiger partial charge in [0.1, 0.15) is 23.9 Å². The van der Waals surface area contributed by atoms with Crippen molar-refractivity contribution in [3.05, 3.63) is 102 Å². The summed E-state index contributed by atoms with van der Waals surface area (Å²) < 4.78 is 0.